The van der Waals surface area contributed by atoms with Gasteiger partial charge in [0.25, 0.3) is 0 Å². The van der Waals surface area contributed by atoms with Crippen LogP contribution in [-0.2, 0) is 21.2 Å². The van der Waals surface area contributed by atoms with E-state index in [-0.39, 0.29) is 10.8 Å². The van der Waals surface area contributed by atoms with Crippen LogP contribution in [0.2, 0.25) is 0 Å². The van der Waals surface area contributed by atoms with Crippen molar-refractivity contribution in [1.29, 1.82) is 0 Å². The van der Waals surface area contributed by atoms with E-state index in [1.807, 2.05) is 18.2 Å². The van der Waals surface area contributed by atoms with E-state index in [1.54, 1.807) is 24.3 Å². The number of amides is 1. The zero-order valence-electron chi connectivity index (χ0n) is 13.0. The third-order valence-corrected chi connectivity index (χ3v) is 5.80. The summed E-state index contributed by atoms with van der Waals surface area (Å²) in [6.45, 7) is 0. The Morgan fingerprint density at radius 3 is 2.26 bits per heavy atom. The van der Waals surface area contributed by atoms with E-state index >= 15 is 0 Å². The molecule has 0 saturated carbocycles. The monoisotopic (exact) mass is 330 g/mol. The molecule has 1 aliphatic heterocycles. The highest BCUT2D eigenvalue weighted by Crippen LogP contribution is 2.29. The second-order valence-electron chi connectivity index (χ2n) is 5.73. The zero-order valence-corrected chi connectivity index (χ0v) is 13.9. The maximum absolute atomic E-state index is 12.1. The van der Waals surface area contributed by atoms with E-state index in [9.17, 15) is 13.2 Å². The maximum Gasteiger partial charge on any atom is 0.242 e. The summed E-state index contributed by atoms with van der Waals surface area (Å²) in [5.41, 5.74) is 3.92. The Balaban J connectivity index is 1.93. The second-order valence-corrected chi connectivity index (χ2v) is 7.88. The largest absolute Gasteiger partial charge is 0.326 e. The van der Waals surface area contributed by atoms with Gasteiger partial charge in [0, 0.05) is 26.2 Å². The average molecular weight is 330 g/mol. The van der Waals surface area contributed by atoms with Gasteiger partial charge in [0.15, 0.2) is 0 Å². The van der Waals surface area contributed by atoms with E-state index in [1.165, 1.54) is 18.4 Å². The molecule has 1 aliphatic rings. The van der Waals surface area contributed by atoms with Gasteiger partial charge in [0.2, 0.25) is 15.9 Å². The van der Waals surface area contributed by atoms with Crippen LogP contribution in [0, 0.1) is 0 Å². The fourth-order valence-electron chi connectivity index (χ4n) is 2.59. The van der Waals surface area contributed by atoms with E-state index in [0.717, 1.165) is 28.8 Å². The molecule has 23 heavy (non-hydrogen) atoms. The SMILES string of the molecule is CN(C)S(=O)(=O)c1ccc(-c2ccc3c(c2)CCC(=O)N3)cc1. The average Bonchev–Trinajstić information content (AvgIpc) is 2.54. The molecule has 6 heteroatoms. The second kappa shape index (κ2) is 5.79. The predicted molar refractivity (Wildman–Crippen MR) is 89.7 cm³/mol. The first-order chi connectivity index (χ1) is 10.9. The molecule has 1 N–H and O–H groups in total. The standard InChI is InChI=1S/C17H18N2O3S/c1-19(2)23(21,22)15-7-3-12(4-8-15)13-5-9-16-14(11-13)6-10-17(20)18-16/h3-5,7-9,11H,6,10H2,1-2H3,(H,18,20). The van der Waals surface area contributed by atoms with Crippen molar-refractivity contribution in [3.63, 3.8) is 0 Å². The molecule has 1 amide bonds. The molecule has 120 valence electrons. The Morgan fingerprint density at radius 1 is 0.957 bits per heavy atom. The number of aryl methyl sites for hydroxylation is 1. The lowest BCUT2D eigenvalue weighted by atomic mass is 9.97. The lowest BCUT2D eigenvalue weighted by Crippen LogP contribution is -2.22. The molecule has 2 aromatic rings. The highest BCUT2D eigenvalue weighted by Gasteiger charge is 2.18. The van der Waals surface area contributed by atoms with Gasteiger partial charge in [-0.1, -0.05) is 18.2 Å². The summed E-state index contributed by atoms with van der Waals surface area (Å²) < 4.78 is 25.4. The molecule has 0 atom stereocenters. The highest BCUT2D eigenvalue weighted by molar-refractivity contribution is 7.89. The number of fused-ring (bicyclic) bond motifs is 1. The number of anilines is 1. The van der Waals surface area contributed by atoms with Crippen molar-refractivity contribution in [1.82, 2.24) is 4.31 Å². The van der Waals surface area contributed by atoms with E-state index in [2.05, 4.69) is 5.32 Å². The Morgan fingerprint density at radius 2 is 1.61 bits per heavy atom. The molecule has 0 fully saturated rings. The Kier molecular flexibility index (Phi) is 3.95. The predicted octanol–water partition coefficient (Wildman–Crippen LogP) is 2.49. The van der Waals surface area contributed by atoms with Crippen LogP contribution in [-0.4, -0.2) is 32.7 Å². The number of carbonyl (C=O) groups is 1. The van der Waals surface area contributed by atoms with Gasteiger partial charge in [-0.05, 0) is 47.4 Å². The normalized spacial score (nSPS) is 14.5. The van der Waals surface area contributed by atoms with Gasteiger partial charge in [-0.2, -0.15) is 0 Å². The van der Waals surface area contributed by atoms with Gasteiger partial charge in [-0.15, -0.1) is 0 Å². The number of benzene rings is 2. The Bertz CT molecular complexity index is 856. The molecule has 0 unspecified atom stereocenters. The number of hydrogen-bond acceptors (Lipinski definition) is 3. The first-order valence-electron chi connectivity index (χ1n) is 7.34. The van der Waals surface area contributed by atoms with Crippen molar-refractivity contribution < 1.29 is 13.2 Å². The minimum Gasteiger partial charge on any atom is -0.326 e. The number of rotatable bonds is 3. The topological polar surface area (TPSA) is 66.5 Å². The minimum absolute atomic E-state index is 0.0449. The van der Waals surface area contributed by atoms with Crippen LogP contribution in [0.5, 0.6) is 0 Å². The highest BCUT2D eigenvalue weighted by atomic mass is 32.2. The van der Waals surface area contributed by atoms with Crippen molar-refractivity contribution in [3.05, 3.63) is 48.0 Å². The van der Waals surface area contributed by atoms with Gasteiger partial charge in [0.05, 0.1) is 4.90 Å². The van der Waals surface area contributed by atoms with Crippen LogP contribution in [0.4, 0.5) is 5.69 Å². The van der Waals surface area contributed by atoms with Crippen molar-refractivity contribution in [2.45, 2.75) is 17.7 Å². The quantitative estimate of drug-likeness (QED) is 0.940. The van der Waals surface area contributed by atoms with Gasteiger partial charge in [0.1, 0.15) is 0 Å². The molecule has 0 aliphatic carbocycles. The first-order valence-corrected chi connectivity index (χ1v) is 8.78. The summed E-state index contributed by atoms with van der Waals surface area (Å²) in [7, 11) is -0.381. The summed E-state index contributed by atoms with van der Waals surface area (Å²) in [5.74, 6) is 0.0449. The lowest BCUT2D eigenvalue weighted by molar-refractivity contribution is -0.116. The third kappa shape index (κ3) is 3.00. The fraction of sp³-hybridized carbons (Fsp3) is 0.235. The van der Waals surface area contributed by atoms with Gasteiger partial charge in [-0.25, -0.2) is 12.7 Å². The van der Waals surface area contributed by atoms with E-state index < -0.39 is 10.0 Å². The maximum atomic E-state index is 12.1. The van der Waals surface area contributed by atoms with Crippen LogP contribution in [0.25, 0.3) is 11.1 Å². The van der Waals surface area contributed by atoms with Crippen LogP contribution in [0.1, 0.15) is 12.0 Å². The van der Waals surface area contributed by atoms with Crippen LogP contribution in [0.3, 0.4) is 0 Å². The first kappa shape index (κ1) is 15.7. The lowest BCUT2D eigenvalue weighted by Gasteiger charge is -2.18. The number of nitrogens with one attached hydrogen (secondary N) is 1. The molecule has 5 nitrogen and oxygen atoms in total. The fourth-order valence-corrected chi connectivity index (χ4v) is 3.49. The van der Waals surface area contributed by atoms with Crippen molar-refractivity contribution in [2.75, 3.05) is 19.4 Å². The van der Waals surface area contributed by atoms with Crippen LogP contribution >= 0.6 is 0 Å². The van der Waals surface area contributed by atoms with Gasteiger partial charge < -0.3 is 5.32 Å². The summed E-state index contributed by atoms with van der Waals surface area (Å²) in [6.07, 6.45) is 1.22. The number of nitrogens with zero attached hydrogens (tertiary/aromatic N) is 1. The summed E-state index contributed by atoms with van der Waals surface area (Å²) in [6, 6.07) is 12.7. The van der Waals surface area contributed by atoms with Crippen molar-refractivity contribution in [3.8, 4) is 11.1 Å². The van der Waals surface area contributed by atoms with Gasteiger partial charge in [-0.3, -0.25) is 4.79 Å². The summed E-state index contributed by atoms with van der Waals surface area (Å²) in [4.78, 5) is 11.7. The van der Waals surface area contributed by atoms with Crippen LogP contribution < -0.4 is 5.32 Å². The Hall–Kier alpha value is -2.18. The van der Waals surface area contributed by atoms with Gasteiger partial charge >= 0.3 is 0 Å². The number of carbonyl (C=O) groups excluding carboxylic acids is 1. The van der Waals surface area contributed by atoms with Crippen molar-refractivity contribution >= 4 is 21.6 Å². The smallest absolute Gasteiger partial charge is 0.242 e. The number of hydrogen-bond donors (Lipinski definition) is 1. The Labute approximate surface area is 136 Å². The summed E-state index contributed by atoms with van der Waals surface area (Å²) >= 11 is 0. The van der Waals surface area contributed by atoms with Crippen LogP contribution in [0.15, 0.2) is 47.4 Å². The molecule has 0 spiro atoms. The van der Waals surface area contributed by atoms with Crippen molar-refractivity contribution in [2.24, 2.45) is 0 Å². The molecule has 0 aromatic heterocycles. The third-order valence-electron chi connectivity index (χ3n) is 3.97. The molecule has 0 radical (unpaired) electrons. The molecule has 1 heterocycles. The minimum atomic E-state index is -3.41. The zero-order chi connectivity index (χ0) is 16.6. The molecule has 2 aromatic carbocycles. The molecule has 0 saturated heterocycles. The molecular weight excluding hydrogens is 312 g/mol. The number of sulfonamides is 1. The van der Waals surface area contributed by atoms with E-state index in [0.29, 0.717) is 6.42 Å². The van der Waals surface area contributed by atoms with E-state index in [4.69, 9.17) is 0 Å². The molecule has 3 rings (SSSR count). The molecule has 0 bridgehead atoms. The molecular formula is C17H18N2O3S. The summed E-state index contributed by atoms with van der Waals surface area (Å²) in [5, 5.41) is 2.86.